The predicted octanol–water partition coefficient (Wildman–Crippen LogP) is 2.42. The van der Waals surface area contributed by atoms with Gasteiger partial charge in [0, 0.05) is 11.1 Å². The summed E-state index contributed by atoms with van der Waals surface area (Å²) in [4.78, 5) is 43.6. The van der Waals surface area contributed by atoms with E-state index in [4.69, 9.17) is 0 Å². The lowest BCUT2D eigenvalue weighted by atomic mass is 9.97. The first-order valence-electron chi connectivity index (χ1n) is 6.95. The topological polar surface area (TPSA) is 68.3 Å². The van der Waals surface area contributed by atoms with Crippen LogP contribution >= 0.6 is 0 Å². The van der Waals surface area contributed by atoms with Crippen molar-refractivity contribution in [2.45, 2.75) is 6.92 Å². The van der Waals surface area contributed by atoms with Gasteiger partial charge in [0.25, 0.3) is 0 Å². The highest BCUT2D eigenvalue weighted by Crippen LogP contribution is 2.18. The van der Waals surface area contributed by atoms with Crippen molar-refractivity contribution in [2.24, 2.45) is 0 Å². The summed E-state index contributed by atoms with van der Waals surface area (Å²) in [5.74, 6) is -0.430. The number of hydrogen-bond donors (Lipinski definition) is 0. The summed E-state index contributed by atoms with van der Waals surface area (Å²) in [7, 11) is 0. The quantitative estimate of drug-likeness (QED) is 0.747. The Bertz CT molecular complexity index is 790. The van der Waals surface area contributed by atoms with Crippen molar-refractivity contribution in [1.82, 2.24) is 0 Å². The zero-order chi connectivity index (χ0) is 16.8. The first-order chi connectivity index (χ1) is 11.0. The van der Waals surface area contributed by atoms with E-state index < -0.39 is 0 Å². The summed E-state index contributed by atoms with van der Waals surface area (Å²) in [6, 6.07) is 9.18. The van der Waals surface area contributed by atoms with Crippen molar-refractivity contribution < 1.29 is 19.2 Å². The molecule has 1 aromatic carbocycles. The lowest BCUT2D eigenvalue weighted by molar-refractivity contribution is -0.114. The number of ketones is 4. The van der Waals surface area contributed by atoms with E-state index >= 15 is 0 Å². The Morgan fingerprint density at radius 2 is 1.22 bits per heavy atom. The van der Waals surface area contributed by atoms with Gasteiger partial charge in [-0.2, -0.15) is 0 Å². The molecule has 0 atom stereocenters. The Kier molecular flexibility index (Phi) is 5.10. The normalized spacial score (nSPS) is 16.6. The molecular formula is C19H14O4. The first-order valence-corrected chi connectivity index (χ1v) is 6.95. The van der Waals surface area contributed by atoms with E-state index in [-0.39, 0.29) is 23.1 Å². The number of hydrogen-bond acceptors (Lipinski definition) is 4. The number of benzene rings is 1. The Balaban J connectivity index is 0.000000185. The average molecular weight is 306 g/mol. The second-order valence-corrected chi connectivity index (χ2v) is 4.95. The second-order valence-electron chi connectivity index (χ2n) is 4.95. The van der Waals surface area contributed by atoms with Gasteiger partial charge < -0.3 is 0 Å². The summed E-state index contributed by atoms with van der Waals surface area (Å²) >= 11 is 0. The van der Waals surface area contributed by atoms with Crippen molar-refractivity contribution in [1.29, 1.82) is 0 Å². The maximum absolute atomic E-state index is 11.4. The van der Waals surface area contributed by atoms with Crippen molar-refractivity contribution in [3.05, 3.63) is 77.9 Å². The van der Waals surface area contributed by atoms with Crippen LogP contribution in [0.5, 0.6) is 0 Å². The van der Waals surface area contributed by atoms with Gasteiger partial charge in [-0.25, -0.2) is 0 Å². The van der Waals surface area contributed by atoms with E-state index in [1.165, 1.54) is 36.5 Å². The molecule has 0 aromatic heterocycles. The molecule has 0 fully saturated rings. The molecule has 114 valence electrons. The van der Waals surface area contributed by atoms with E-state index in [9.17, 15) is 19.2 Å². The summed E-state index contributed by atoms with van der Waals surface area (Å²) in [5, 5.41) is 0. The first kappa shape index (κ1) is 16.2. The van der Waals surface area contributed by atoms with E-state index in [1.807, 2.05) is 30.3 Å². The number of rotatable bonds is 1. The summed E-state index contributed by atoms with van der Waals surface area (Å²) in [6.45, 7) is 1.63. The molecule has 2 aliphatic rings. The second kappa shape index (κ2) is 7.22. The number of allylic oxidation sites excluding steroid dienone is 8. The van der Waals surface area contributed by atoms with Crippen molar-refractivity contribution in [3.63, 3.8) is 0 Å². The van der Waals surface area contributed by atoms with E-state index in [2.05, 4.69) is 0 Å². The van der Waals surface area contributed by atoms with Gasteiger partial charge >= 0.3 is 0 Å². The average Bonchev–Trinajstić information content (AvgIpc) is 2.55. The zero-order valence-electron chi connectivity index (χ0n) is 12.5. The molecule has 23 heavy (non-hydrogen) atoms. The van der Waals surface area contributed by atoms with Gasteiger partial charge in [0.15, 0.2) is 23.1 Å². The van der Waals surface area contributed by atoms with Crippen LogP contribution < -0.4 is 0 Å². The standard InChI is InChI=1S/C12H8O2.C7H6O2/c13-10-6-7-12(14)11(8-10)9-4-2-1-3-5-9;1-5-4-6(8)2-3-7(5)9/h1-8H;2-4H,1H3. The van der Waals surface area contributed by atoms with Gasteiger partial charge in [0.05, 0.1) is 0 Å². The zero-order valence-corrected chi connectivity index (χ0v) is 12.5. The Labute approximate surface area is 133 Å². The van der Waals surface area contributed by atoms with Gasteiger partial charge in [0.1, 0.15) is 0 Å². The van der Waals surface area contributed by atoms with Crippen molar-refractivity contribution in [3.8, 4) is 0 Å². The van der Waals surface area contributed by atoms with E-state index in [0.29, 0.717) is 11.1 Å². The molecule has 0 N–H and O–H groups in total. The maximum atomic E-state index is 11.4. The molecule has 0 spiro atoms. The molecule has 4 heteroatoms. The van der Waals surface area contributed by atoms with Gasteiger partial charge in [-0.1, -0.05) is 30.3 Å². The van der Waals surface area contributed by atoms with E-state index in [1.54, 1.807) is 6.92 Å². The lowest BCUT2D eigenvalue weighted by Gasteiger charge is -2.05. The SMILES string of the molecule is CC1=CC(=O)C=CC1=O.O=C1C=CC(=O)C(c2ccccc2)=C1. The summed E-state index contributed by atoms with van der Waals surface area (Å²) in [6.07, 6.45) is 7.87. The minimum absolute atomic E-state index is 0.0744. The minimum atomic E-state index is -0.136. The molecule has 2 aliphatic carbocycles. The lowest BCUT2D eigenvalue weighted by Crippen LogP contribution is -2.06. The molecule has 0 saturated carbocycles. The van der Waals surface area contributed by atoms with Crippen LogP contribution in [0.15, 0.2) is 72.4 Å². The van der Waals surface area contributed by atoms with Crippen LogP contribution in [0.2, 0.25) is 0 Å². The third kappa shape index (κ3) is 4.41. The molecule has 0 aliphatic heterocycles. The van der Waals surface area contributed by atoms with Crippen molar-refractivity contribution in [2.75, 3.05) is 0 Å². The largest absolute Gasteiger partial charge is 0.290 e. The predicted molar refractivity (Wildman–Crippen MR) is 86.5 cm³/mol. The minimum Gasteiger partial charge on any atom is -0.290 e. The highest BCUT2D eigenvalue weighted by Gasteiger charge is 2.14. The van der Waals surface area contributed by atoms with Crippen LogP contribution in [-0.4, -0.2) is 23.1 Å². The van der Waals surface area contributed by atoms with Crippen LogP contribution in [0.3, 0.4) is 0 Å². The third-order valence-electron chi connectivity index (χ3n) is 3.18. The van der Waals surface area contributed by atoms with Gasteiger partial charge in [-0.15, -0.1) is 0 Å². The summed E-state index contributed by atoms with van der Waals surface area (Å²) in [5.41, 5.74) is 1.77. The smallest absolute Gasteiger partial charge is 0.186 e. The molecule has 3 rings (SSSR count). The van der Waals surface area contributed by atoms with Gasteiger partial charge in [-0.3, -0.25) is 19.2 Å². The third-order valence-corrected chi connectivity index (χ3v) is 3.18. The molecule has 4 nitrogen and oxygen atoms in total. The number of carbonyl (C=O) groups is 4. The Morgan fingerprint density at radius 3 is 1.78 bits per heavy atom. The van der Waals surface area contributed by atoms with Crippen LogP contribution in [0.25, 0.3) is 5.57 Å². The molecule has 1 aromatic rings. The fourth-order valence-corrected chi connectivity index (χ4v) is 1.97. The summed E-state index contributed by atoms with van der Waals surface area (Å²) < 4.78 is 0. The highest BCUT2D eigenvalue weighted by atomic mass is 16.1. The van der Waals surface area contributed by atoms with E-state index in [0.717, 1.165) is 5.56 Å². The highest BCUT2D eigenvalue weighted by molar-refractivity contribution is 6.33. The van der Waals surface area contributed by atoms with Crippen LogP contribution in [0.1, 0.15) is 12.5 Å². The van der Waals surface area contributed by atoms with Gasteiger partial charge in [0.2, 0.25) is 0 Å². The molecule has 0 unspecified atom stereocenters. The molecular weight excluding hydrogens is 292 g/mol. The Hall–Kier alpha value is -3.14. The van der Waals surface area contributed by atoms with Gasteiger partial charge in [-0.05, 0) is 48.9 Å². The number of carbonyl (C=O) groups excluding carboxylic acids is 4. The fraction of sp³-hybridized carbons (Fsp3) is 0.0526. The monoisotopic (exact) mass is 306 g/mol. The van der Waals surface area contributed by atoms with Crippen LogP contribution in [0, 0.1) is 0 Å². The Morgan fingerprint density at radius 1 is 0.652 bits per heavy atom. The molecule has 0 radical (unpaired) electrons. The molecule has 0 bridgehead atoms. The van der Waals surface area contributed by atoms with Crippen LogP contribution in [0.4, 0.5) is 0 Å². The molecule has 0 amide bonds. The molecule has 0 heterocycles. The van der Waals surface area contributed by atoms with Crippen LogP contribution in [-0.2, 0) is 19.2 Å². The van der Waals surface area contributed by atoms with Crippen molar-refractivity contribution >= 4 is 28.7 Å². The molecule has 0 saturated heterocycles. The maximum Gasteiger partial charge on any atom is 0.186 e. The fourth-order valence-electron chi connectivity index (χ4n) is 1.97.